The van der Waals surface area contributed by atoms with E-state index in [0.29, 0.717) is 13.0 Å². The summed E-state index contributed by atoms with van der Waals surface area (Å²) in [5.41, 5.74) is 0. The summed E-state index contributed by atoms with van der Waals surface area (Å²) in [4.78, 5) is 4.70. The molecule has 1 atom stereocenters. The first-order valence-corrected chi connectivity index (χ1v) is 5.85. The van der Waals surface area contributed by atoms with Crippen LogP contribution in [0.2, 0.25) is 0 Å². The lowest BCUT2D eigenvalue weighted by atomic mass is 10.3. The van der Waals surface area contributed by atoms with Gasteiger partial charge < -0.3 is 9.64 Å². The third-order valence-corrected chi connectivity index (χ3v) is 2.89. The molecule has 3 nitrogen and oxygen atoms in total. The van der Waals surface area contributed by atoms with Gasteiger partial charge in [0.15, 0.2) is 0 Å². The first-order chi connectivity index (χ1) is 7.22. The number of hydrogen-bond donors (Lipinski definition) is 0. The Morgan fingerprint density at radius 1 is 1.27 bits per heavy atom. The molecule has 1 fully saturated rings. The number of piperazine rings is 1. The van der Waals surface area contributed by atoms with Crippen LogP contribution in [0.25, 0.3) is 0 Å². The van der Waals surface area contributed by atoms with Gasteiger partial charge in [-0.1, -0.05) is 6.92 Å². The Labute approximate surface area is 92.2 Å². The van der Waals surface area contributed by atoms with Crippen LogP contribution in [-0.2, 0) is 4.74 Å². The Morgan fingerprint density at radius 3 is 2.53 bits per heavy atom. The predicted octanol–water partition coefficient (Wildman–Crippen LogP) is 0.999. The lowest BCUT2D eigenvalue weighted by Crippen LogP contribution is -2.45. The molecule has 15 heavy (non-hydrogen) atoms. The first kappa shape index (κ1) is 12.9. The highest BCUT2D eigenvalue weighted by Gasteiger charge is 2.13. The molecular formula is C11H23FN2O. The van der Waals surface area contributed by atoms with Crippen LogP contribution in [0.15, 0.2) is 0 Å². The van der Waals surface area contributed by atoms with Crippen LogP contribution in [0, 0.1) is 0 Å². The zero-order valence-electron chi connectivity index (χ0n) is 9.91. The van der Waals surface area contributed by atoms with Crippen molar-refractivity contribution in [3.05, 3.63) is 0 Å². The number of ether oxygens (including phenoxy) is 1. The lowest BCUT2D eigenvalue weighted by Gasteiger charge is -2.32. The van der Waals surface area contributed by atoms with Gasteiger partial charge in [0.1, 0.15) is 6.17 Å². The van der Waals surface area contributed by atoms with E-state index in [9.17, 15) is 4.39 Å². The maximum absolute atomic E-state index is 12.8. The summed E-state index contributed by atoms with van der Waals surface area (Å²) in [5.74, 6) is 0. The van der Waals surface area contributed by atoms with Crippen molar-refractivity contribution in [1.82, 2.24) is 9.80 Å². The Balaban J connectivity index is 1.96. The predicted molar refractivity (Wildman–Crippen MR) is 59.9 cm³/mol. The molecule has 1 aliphatic rings. The molecule has 0 amide bonds. The van der Waals surface area contributed by atoms with E-state index in [4.69, 9.17) is 4.74 Å². The van der Waals surface area contributed by atoms with Crippen molar-refractivity contribution >= 4 is 0 Å². The molecule has 0 aromatic carbocycles. The van der Waals surface area contributed by atoms with Crippen LogP contribution in [0.5, 0.6) is 0 Å². The minimum absolute atomic E-state index is 0.254. The number of halogens is 1. The molecule has 4 heteroatoms. The molecule has 0 bridgehead atoms. The summed E-state index contributed by atoms with van der Waals surface area (Å²) in [6.07, 6.45) is -0.244. The van der Waals surface area contributed by atoms with Crippen LogP contribution in [-0.4, -0.2) is 69.0 Å². The van der Waals surface area contributed by atoms with Gasteiger partial charge in [-0.2, -0.15) is 0 Å². The summed E-state index contributed by atoms with van der Waals surface area (Å²) >= 11 is 0. The molecule has 0 aromatic rings. The van der Waals surface area contributed by atoms with Crippen LogP contribution in [0.1, 0.15) is 13.3 Å². The number of hydrogen-bond acceptors (Lipinski definition) is 3. The fraction of sp³-hybridized carbons (Fsp3) is 1.00. The van der Waals surface area contributed by atoms with E-state index in [2.05, 4.69) is 16.8 Å². The fourth-order valence-corrected chi connectivity index (χ4v) is 1.59. The number of likely N-dealkylation sites (N-methyl/N-ethyl adjacent to an activating group) is 1. The zero-order valence-corrected chi connectivity index (χ0v) is 9.91. The molecule has 0 unspecified atom stereocenters. The number of alkyl halides is 1. The molecule has 1 rings (SSSR count). The minimum atomic E-state index is -0.794. The van der Waals surface area contributed by atoms with E-state index >= 15 is 0 Å². The molecular weight excluding hydrogens is 195 g/mol. The largest absolute Gasteiger partial charge is 0.377 e. The maximum atomic E-state index is 12.8. The standard InChI is InChI=1S/C11H23FN2O/c1-3-11(12)10-15-9-8-14-6-4-13(2)5-7-14/h11H,3-10H2,1-2H3/t11-/m1/s1. The average molecular weight is 218 g/mol. The van der Waals surface area contributed by atoms with Crippen molar-refractivity contribution in [2.75, 3.05) is 53.0 Å². The summed E-state index contributed by atoms with van der Waals surface area (Å²) in [6.45, 7) is 8.15. The van der Waals surface area contributed by atoms with Crippen molar-refractivity contribution in [2.45, 2.75) is 19.5 Å². The molecule has 1 saturated heterocycles. The van der Waals surface area contributed by atoms with E-state index in [1.54, 1.807) is 0 Å². The van der Waals surface area contributed by atoms with Gasteiger partial charge in [-0.25, -0.2) is 4.39 Å². The van der Waals surface area contributed by atoms with Crippen molar-refractivity contribution < 1.29 is 9.13 Å². The molecule has 1 aliphatic heterocycles. The molecule has 90 valence electrons. The number of rotatable bonds is 6. The first-order valence-electron chi connectivity index (χ1n) is 5.85. The van der Waals surface area contributed by atoms with Crippen LogP contribution < -0.4 is 0 Å². The van der Waals surface area contributed by atoms with Gasteiger partial charge in [0.2, 0.25) is 0 Å². The Kier molecular flexibility index (Phi) is 6.13. The van der Waals surface area contributed by atoms with E-state index in [1.807, 2.05) is 6.92 Å². The van der Waals surface area contributed by atoms with Gasteiger partial charge in [0.25, 0.3) is 0 Å². The highest BCUT2D eigenvalue weighted by molar-refractivity contribution is 4.68. The van der Waals surface area contributed by atoms with E-state index in [0.717, 1.165) is 32.7 Å². The summed E-state index contributed by atoms with van der Waals surface area (Å²) in [6, 6.07) is 0. The van der Waals surface area contributed by atoms with Crippen LogP contribution in [0.4, 0.5) is 4.39 Å². The maximum Gasteiger partial charge on any atom is 0.123 e. The van der Waals surface area contributed by atoms with Gasteiger partial charge in [-0.15, -0.1) is 0 Å². The lowest BCUT2D eigenvalue weighted by molar-refractivity contribution is 0.0519. The minimum Gasteiger partial charge on any atom is -0.377 e. The van der Waals surface area contributed by atoms with Crippen molar-refractivity contribution in [1.29, 1.82) is 0 Å². The third kappa shape index (κ3) is 5.44. The zero-order chi connectivity index (χ0) is 11.1. The van der Waals surface area contributed by atoms with Crippen LogP contribution >= 0.6 is 0 Å². The molecule has 0 N–H and O–H groups in total. The highest BCUT2D eigenvalue weighted by Crippen LogP contribution is 2.00. The van der Waals surface area contributed by atoms with Crippen molar-refractivity contribution in [3.8, 4) is 0 Å². The fourth-order valence-electron chi connectivity index (χ4n) is 1.59. The number of nitrogens with zero attached hydrogens (tertiary/aromatic N) is 2. The van der Waals surface area contributed by atoms with Crippen LogP contribution in [0.3, 0.4) is 0 Å². The molecule has 0 saturated carbocycles. The second-order valence-corrected chi connectivity index (χ2v) is 4.23. The van der Waals surface area contributed by atoms with Gasteiger partial charge >= 0.3 is 0 Å². The summed E-state index contributed by atoms with van der Waals surface area (Å²) in [5, 5.41) is 0. The quantitative estimate of drug-likeness (QED) is 0.619. The van der Waals surface area contributed by atoms with Gasteiger partial charge in [0.05, 0.1) is 13.2 Å². The topological polar surface area (TPSA) is 15.7 Å². The second-order valence-electron chi connectivity index (χ2n) is 4.23. The van der Waals surface area contributed by atoms with E-state index in [-0.39, 0.29) is 6.61 Å². The molecule has 0 spiro atoms. The van der Waals surface area contributed by atoms with E-state index in [1.165, 1.54) is 0 Å². The third-order valence-electron chi connectivity index (χ3n) is 2.89. The van der Waals surface area contributed by atoms with Crippen molar-refractivity contribution in [2.24, 2.45) is 0 Å². The molecule has 0 aliphatic carbocycles. The molecule has 0 aromatic heterocycles. The van der Waals surface area contributed by atoms with Gasteiger partial charge in [-0.3, -0.25) is 4.90 Å². The Bertz CT molecular complexity index is 161. The Morgan fingerprint density at radius 2 is 1.93 bits per heavy atom. The second kappa shape index (κ2) is 7.14. The van der Waals surface area contributed by atoms with Gasteiger partial charge in [-0.05, 0) is 13.5 Å². The highest BCUT2D eigenvalue weighted by atomic mass is 19.1. The molecule has 1 heterocycles. The monoisotopic (exact) mass is 218 g/mol. The van der Waals surface area contributed by atoms with Gasteiger partial charge in [0, 0.05) is 32.7 Å². The summed E-state index contributed by atoms with van der Waals surface area (Å²) < 4.78 is 18.1. The molecule has 0 radical (unpaired) electrons. The van der Waals surface area contributed by atoms with Crippen molar-refractivity contribution in [3.63, 3.8) is 0 Å². The normalized spacial score (nSPS) is 21.8. The van der Waals surface area contributed by atoms with E-state index < -0.39 is 6.17 Å². The SMILES string of the molecule is CC[C@@H](F)COCCN1CCN(C)CC1. The smallest absolute Gasteiger partial charge is 0.123 e. The average Bonchev–Trinajstić information content (AvgIpc) is 2.26. The summed E-state index contributed by atoms with van der Waals surface area (Å²) in [7, 11) is 2.14. The Hall–Kier alpha value is -0.190.